The van der Waals surface area contributed by atoms with Gasteiger partial charge in [-0.15, -0.1) is 0 Å². The summed E-state index contributed by atoms with van der Waals surface area (Å²) >= 11 is 5.41. The molecule has 0 aromatic heterocycles. The summed E-state index contributed by atoms with van der Waals surface area (Å²) in [6.07, 6.45) is 2.42. The number of aryl methyl sites for hydroxylation is 2. The standard InChI is InChI=1S/C16H23BrN2S/c1-5-16(6-2)9-18-15(20-10-16)19-14-11(3)7-13(17)8-12(14)4/h7-8H,5-6,9-10H2,1-4H3,(H,18,19). The van der Waals surface area contributed by atoms with Crippen molar-refractivity contribution >= 4 is 38.5 Å². The van der Waals surface area contributed by atoms with Gasteiger partial charge in [0.05, 0.1) is 0 Å². The third-order valence-electron chi connectivity index (χ3n) is 4.30. The number of hydrogen-bond donors (Lipinski definition) is 1. The van der Waals surface area contributed by atoms with E-state index in [1.807, 2.05) is 11.8 Å². The van der Waals surface area contributed by atoms with E-state index in [9.17, 15) is 0 Å². The van der Waals surface area contributed by atoms with E-state index >= 15 is 0 Å². The number of amidine groups is 1. The Labute approximate surface area is 135 Å². The topological polar surface area (TPSA) is 24.4 Å². The first-order chi connectivity index (χ1) is 9.49. The Morgan fingerprint density at radius 2 is 1.85 bits per heavy atom. The second kappa shape index (κ2) is 6.52. The molecule has 0 saturated heterocycles. The van der Waals surface area contributed by atoms with Crippen LogP contribution in [0.3, 0.4) is 0 Å². The van der Waals surface area contributed by atoms with Crippen molar-refractivity contribution in [3.8, 4) is 0 Å². The van der Waals surface area contributed by atoms with Crippen LogP contribution >= 0.6 is 27.7 Å². The number of nitrogens with zero attached hydrogens (tertiary/aromatic N) is 1. The second-order valence-electron chi connectivity index (χ2n) is 5.66. The van der Waals surface area contributed by atoms with Gasteiger partial charge in [-0.3, -0.25) is 4.99 Å². The van der Waals surface area contributed by atoms with E-state index in [2.05, 4.69) is 61.1 Å². The lowest BCUT2D eigenvalue weighted by atomic mass is 9.84. The van der Waals surface area contributed by atoms with Crippen LogP contribution in [0.1, 0.15) is 37.8 Å². The van der Waals surface area contributed by atoms with E-state index in [1.165, 1.54) is 35.4 Å². The van der Waals surface area contributed by atoms with Crippen LogP contribution < -0.4 is 5.32 Å². The molecular formula is C16H23BrN2S. The van der Waals surface area contributed by atoms with Gasteiger partial charge in [-0.2, -0.15) is 0 Å². The number of benzene rings is 1. The second-order valence-corrected chi connectivity index (χ2v) is 7.54. The predicted molar refractivity (Wildman–Crippen MR) is 95.0 cm³/mol. The molecule has 0 spiro atoms. The Morgan fingerprint density at radius 1 is 1.25 bits per heavy atom. The van der Waals surface area contributed by atoms with E-state index in [0.29, 0.717) is 5.41 Å². The lowest BCUT2D eigenvalue weighted by Gasteiger charge is -2.33. The zero-order valence-corrected chi connectivity index (χ0v) is 15.1. The number of anilines is 1. The van der Waals surface area contributed by atoms with Crippen LogP contribution in [0.25, 0.3) is 0 Å². The van der Waals surface area contributed by atoms with Gasteiger partial charge in [0.1, 0.15) is 0 Å². The Bertz CT molecular complexity index is 498. The molecule has 0 unspecified atom stereocenters. The minimum absolute atomic E-state index is 0.402. The third-order valence-corrected chi connectivity index (χ3v) is 6.02. The number of hydrogen-bond acceptors (Lipinski definition) is 3. The van der Waals surface area contributed by atoms with Gasteiger partial charge in [0.15, 0.2) is 5.17 Å². The number of nitrogens with one attached hydrogen (secondary N) is 1. The Morgan fingerprint density at radius 3 is 2.30 bits per heavy atom. The minimum atomic E-state index is 0.402. The first kappa shape index (κ1) is 15.9. The molecule has 2 nitrogen and oxygen atoms in total. The average molecular weight is 355 g/mol. The van der Waals surface area contributed by atoms with Crippen molar-refractivity contribution in [1.82, 2.24) is 0 Å². The molecule has 2 rings (SSSR count). The maximum Gasteiger partial charge on any atom is 0.161 e. The van der Waals surface area contributed by atoms with Crippen LogP contribution in [-0.2, 0) is 0 Å². The summed E-state index contributed by atoms with van der Waals surface area (Å²) in [6.45, 7) is 9.78. The highest BCUT2D eigenvalue weighted by Gasteiger charge is 2.30. The fourth-order valence-electron chi connectivity index (χ4n) is 2.52. The van der Waals surface area contributed by atoms with Crippen LogP contribution in [0.15, 0.2) is 21.6 Å². The minimum Gasteiger partial charge on any atom is -0.335 e. The lowest BCUT2D eigenvalue weighted by Crippen LogP contribution is -2.32. The maximum atomic E-state index is 4.78. The molecule has 110 valence electrons. The van der Waals surface area contributed by atoms with E-state index < -0.39 is 0 Å². The molecule has 20 heavy (non-hydrogen) atoms. The summed E-state index contributed by atoms with van der Waals surface area (Å²) in [7, 11) is 0. The zero-order chi connectivity index (χ0) is 14.8. The van der Waals surface area contributed by atoms with Gasteiger partial charge < -0.3 is 5.32 Å². The van der Waals surface area contributed by atoms with Crippen molar-refractivity contribution in [3.63, 3.8) is 0 Å². The molecule has 1 aliphatic rings. The predicted octanol–water partition coefficient (Wildman–Crippen LogP) is 5.39. The average Bonchev–Trinajstić information content (AvgIpc) is 2.43. The Kier molecular flexibility index (Phi) is 5.19. The third kappa shape index (κ3) is 3.40. The molecule has 0 saturated carbocycles. The number of aliphatic imine (C=N–C) groups is 1. The van der Waals surface area contributed by atoms with E-state index in [4.69, 9.17) is 4.99 Å². The highest BCUT2D eigenvalue weighted by molar-refractivity contribution is 9.10. The Balaban J connectivity index is 2.15. The van der Waals surface area contributed by atoms with Crippen LogP contribution in [0, 0.1) is 19.3 Å². The molecule has 0 bridgehead atoms. The number of thioether (sulfide) groups is 1. The van der Waals surface area contributed by atoms with Crippen LogP contribution in [-0.4, -0.2) is 17.5 Å². The quantitative estimate of drug-likeness (QED) is 0.786. The molecule has 0 aliphatic carbocycles. The van der Waals surface area contributed by atoms with Gasteiger partial charge in [0.25, 0.3) is 0 Å². The molecule has 0 radical (unpaired) electrons. The highest BCUT2D eigenvalue weighted by atomic mass is 79.9. The van der Waals surface area contributed by atoms with Gasteiger partial charge in [0.2, 0.25) is 0 Å². The summed E-state index contributed by atoms with van der Waals surface area (Å²) in [6, 6.07) is 4.29. The first-order valence-corrected chi connectivity index (χ1v) is 8.98. The van der Waals surface area contributed by atoms with Crippen LogP contribution in [0.4, 0.5) is 5.69 Å². The van der Waals surface area contributed by atoms with Crippen molar-refractivity contribution in [2.75, 3.05) is 17.6 Å². The molecular weight excluding hydrogens is 332 g/mol. The molecule has 1 aromatic carbocycles. The summed E-state index contributed by atoms with van der Waals surface area (Å²) in [5.74, 6) is 1.17. The molecule has 4 heteroatoms. The fraction of sp³-hybridized carbons (Fsp3) is 0.562. The molecule has 1 heterocycles. The van der Waals surface area contributed by atoms with Crippen LogP contribution in [0.5, 0.6) is 0 Å². The largest absolute Gasteiger partial charge is 0.335 e. The smallest absolute Gasteiger partial charge is 0.161 e. The normalized spacial score (nSPS) is 17.8. The van der Waals surface area contributed by atoms with Gasteiger partial charge in [-0.1, -0.05) is 41.5 Å². The molecule has 0 amide bonds. The van der Waals surface area contributed by atoms with Gasteiger partial charge in [0, 0.05) is 22.5 Å². The van der Waals surface area contributed by atoms with Gasteiger partial charge in [-0.05, 0) is 55.4 Å². The SMILES string of the molecule is CCC1(CC)CN=C(Nc2c(C)cc(Br)cc2C)SC1. The zero-order valence-electron chi connectivity index (χ0n) is 12.7. The fourth-order valence-corrected chi connectivity index (χ4v) is 4.48. The summed E-state index contributed by atoms with van der Waals surface area (Å²) < 4.78 is 1.13. The van der Waals surface area contributed by atoms with Crippen LogP contribution in [0.2, 0.25) is 0 Å². The number of halogens is 1. The molecule has 0 atom stereocenters. The summed E-state index contributed by atoms with van der Waals surface area (Å²) in [5.41, 5.74) is 4.10. The van der Waals surface area contributed by atoms with Gasteiger partial charge >= 0.3 is 0 Å². The van der Waals surface area contributed by atoms with Crippen molar-refractivity contribution in [2.45, 2.75) is 40.5 Å². The monoisotopic (exact) mass is 354 g/mol. The van der Waals surface area contributed by atoms with Gasteiger partial charge in [-0.25, -0.2) is 0 Å². The van der Waals surface area contributed by atoms with Crippen molar-refractivity contribution in [2.24, 2.45) is 10.4 Å². The molecule has 1 aromatic rings. The van der Waals surface area contributed by atoms with E-state index in [1.54, 1.807) is 0 Å². The maximum absolute atomic E-state index is 4.78. The van der Waals surface area contributed by atoms with Crippen molar-refractivity contribution < 1.29 is 0 Å². The molecule has 1 aliphatic heterocycles. The van der Waals surface area contributed by atoms with Crippen molar-refractivity contribution in [1.29, 1.82) is 0 Å². The molecule has 1 N–H and O–H groups in total. The lowest BCUT2D eigenvalue weighted by molar-refractivity contribution is 0.318. The first-order valence-electron chi connectivity index (χ1n) is 7.20. The number of rotatable bonds is 3. The van der Waals surface area contributed by atoms with Crippen molar-refractivity contribution in [3.05, 3.63) is 27.7 Å². The summed E-state index contributed by atoms with van der Waals surface area (Å²) in [5, 5.41) is 4.59. The van der Waals surface area contributed by atoms with E-state index in [0.717, 1.165) is 16.2 Å². The molecule has 0 fully saturated rings. The summed E-state index contributed by atoms with van der Waals surface area (Å²) in [4.78, 5) is 4.78. The Hall–Kier alpha value is -0.480. The highest BCUT2D eigenvalue weighted by Crippen LogP contribution is 2.36. The van der Waals surface area contributed by atoms with E-state index in [-0.39, 0.29) is 0 Å².